The van der Waals surface area contributed by atoms with E-state index in [0.29, 0.717) is 12.3 Å². The Morgan fingerprint density at radius 1 is 0.909 bits per heavy atom. The Bertz CT molecular complexity index is 882. The van der Waals surface area contributed by atoms with E-state index in [-0.39, 0.29) is 0 Å². The normalized spacial score (nSPS) is 10.4. The Hall–Kier alpha value is -3.08. The zero-order chi connectivity index (χ0) is 15.4. The quantitative estimate of drug-likeness (QED) is 0.803. The van der Waals surface area contributed by atoms with Crippen molar-refractivity contribution in [3.63, 3.8) is 0 Å². The maximum atomic E-state index is 11.7. The number of nitrogens with zero attached hydrogens (tertiary/aromatic N) is 1. The van der Waals surface area contributed by atoms with E-state index in [1.807, 2.05) is 54.6 Å². The average Bonchev–Trinajstić information content (AvgIpc) is 2.52. The highest BCUT2D eigenvalue weighted by Gasteiger charge is 2.02. The molecule has 0 unspecified atom stereocenters. The molecule has 0 saturated heterocycles. The molecule has 0 saturated carbocycles. The number of benzene rings is 2. The summed E-state index contributed by atoms with van der Waals surface area (Å²) in [6, 6.07) is 18.3. The van der Waals surface area contributed by atoms with Gasteiger partial charge in [-0.2, -0.15) is 0 Å². The molecule has 0 aliphatic carbocycles. The van der Waals surface area contributed by atoms with Crippen LogP contribution < -0.4 is 16.0 Å². The minimum absolute atomic E-state index is 0.363. The minimum Gasteiger partial charge on any atom is -0.457 e. The van der Waals surface area contributed by atoms with Crippen molar-refractivity contribution in [2.24, 2.45) is 0 Å². The van der Waals surface area contributed by atoms with Crippen molar-refractivity contribution < 1.29 is 4.74 Å². The summed E-state index contributed by atoms with van der Waals surface area (Å²) < 4.78 is 7.19. The van der Waals surface area contributed by atoms with Crippen LogP contribution in [0.1, 0.15) is 5.56 Å². The van der Waals surface area contributed by atoms with E-state index in [4.69, 9.17) is 4.74 Å². The van der Waals surface area contributed by atoms with Gasteiger partial charge in [0.15, 0.2) is 0 Å². The summed E-state index contributed by atoms with van der Waals surface area (Å²) in [4.78, 5) is 25.0. The monoisotopic (exact) mass is 294 g/mol. The highest BCUT2D eigenvalue weighted by molar-refractivity contribution is 5.33. The third kappa shape index (κ3) is 3.32. The van der Waals surface area contributed by atoms with Crippen molar-refractivity contribution in [2.45, 2.75) is 6.54 Å². The first kappa shape index (κ1) is 13.9. The van der Waals surface area contributed by atoms with E-state index in [0.717, 1.165) is 11.3 Å². The number of hydrogen-bond acceptors (Lipinski definition) is 3. The van der Waals surface area contributed by atoms with E-state index < -0.39 is 11.2 Å². The van der Waals surface area contributed by atoms with Crippen molar-refractivity contribution in [1.29, 1.82) is 0 Å². The smallest absolute Gasteiger partial charge is 0.328 e. The van der Waals surface area contributed by atoms with Crippen molar-refractivity contribution in [2.75, 3.05) is 0 Å². The van der Waals surface area contributed by atoms with Crippen molar-refractivity contribution in [3.8, 4) is 11.5 Å². The van der Waals surface area contributed by atoms with Crippen molar-refractivity contribution in [1.82, 2.24) is 9.55 Å². The minimum atomic E-state index is -0.429. The molecule has 1 heterocycles. The van der Waals surface area contributed by atoms with Gasteiger partial charge in [-0.25, -0.2) is 4.79 Å². The zero-order valence-electron chi connectivity index (χ0n) is 11.7. The van der Waals surface area contributed by atoms with Gasteiger partial charge < -0.3 is 4.74 Å². The van der Waals surface area contributed by atoms with E-state index >= 15 is 0 Å². The molecule has 1 N–H and O–H groups in total. The summed E-state index contributed by atoms with van der Waals surface area (Å²) >= 11 is 0. The lowest BCUT2D eigenvalue weighted by Crippen LogP contribution is -2.28. The lowest BCUT2D eigenvalue weighted by molar-refractivity contribution is 0.481. The highest BCUT2D eigenvalue weighted by atomic mass is 16.5. The summed E-state index contributed by atoms with van der Waals surface area (Å²) in [5, 5.41) is 0. The fraction of sp³-hybridized carbons (Fsp3) is 0.0588. The molecule has 110 valence electrons. The van der Waals surface area contributed by atoms with Gasteiger partial charge in [-0.3, -0.25) is 14.3 Å². The number of H-pyrrole nitrogens is 1. The van der Waals surface area contributed by atoms with Crippen LogP contribution in [0, 0.1) is 0 Å². The van der Waals surface area contributed by atoms with Crippen molar-refractivity contribution >= 4 is 0 Å². The summed E-state index contributed by atoms with van der Waals surface area (Å²) in [6.07, 6.45) is 1.48. The molecule has 0 fully saturated rings. The van der Waals surface area contributed by atoms with Crippen LogP contribution in [-0.2, 0) is 6.54 Å². The van der Waals surface area contributed by atoms with Gasteiger partial charge in [0.05, 0.1) is 6.54 Å². The molecule has 3 aromatic rings. The number of hydrogen-bond donors (Lipinski definition) is 1. The Labute approximate surface area is 126 Å². The Morgan fingerprint density at radius 3 is 2.45 bits per heavy atom. The molecule has 1 aromatic heterocycles. The lowest BCUT2D eigenvalue weighted by atomic mass is 10.2. The average molecular weight is 294 g/mol. The van der Waals surface area contributed by atoms with E-state index in [9.17, 15) is 9.59 Å². The van der Waals surface area contributed by atoms with Crippen LogP contribution in [0.25, 0.3) is 0 Å². The topological polar surface area (TPSA) is 64.1 Å². The maximum Gasteiger partial charge on any atom is 0.328 e. The molecule has 0 aliphatic heterocycles. The third-order valence-electron chi connectivity index (χ3n) is 3.13. The Kier molecular flexibility index (Phi) is 3.87. The van der Waals surface area contributed by atoms with Crippen LogP contribution in [0.4, 0.5) is 0 Å². The predicted molar refractivity (Wildman–Crippen MR) is 83.4 cm³/mol. The zero-order valence-corrected chi connectivity index (χ0v) is 11.7. The number of ether oxygens (including phenoxy) is 1. The van der Waals surface area contributed by atoms with Crippen LogP contribution in [0.15, 0.2) is 76.4 Å². The number of nitrogens with one attached hydrogen (secondary N) is 1. The molecule has 22 heavy (non-hydrogen) atoms. The molecule has 0 aliphatic rings. The van der Waals surface area contributed by atoms with Gasteiger partial charge in [-0.05, 0) is 29.8 Å². The first-order chi connectivity index (χ1) is 10.7. The number of rotatable bonds is 4. The molecule has 5 heteroatoms. The van der Waals surface area contributed by atoms with E-state index in [2.05, 4.69) is 4.98 Å². The first-order valence-corrected chi connectivity index (χ1v) is 6.82. The lowest BCUT2D eigenvalue weighted by Gasteiger charge is -2.08. The predicted octanol–water partition coefficient (Wildman–Crippen LogP) is 2.38. The Balaban J connectivity index is 1.82. The largest absolute Gasteiger partial charge is 0.457 e. The van der Waals surface area contributed by atoms with Gasteiger partial charge in [0.1, 0.15) is 11.5 Å². The van der Waals surface area contributed by atoms with Gasteiger partial charge in [0, 0.05) is 12.3 Å². The first-order valence-electron chi connectivity index (χ1n) is 6.82. The number of aromatic nitrogens is 2. The molecule has 0 radical (unpaired) electrons. The molecule has 5 nitrogen and oxygen atoms in total. The second-order valence-corrected chi connectivity index (χ2v) is 4.80. The summed E-state index contributed by atoms with van der Waals surface area (Å²) in [7, 11) is 0. The molecule has 2 aromatic carbocycles. The fourth-order valence-electron chi connectivity index (χ4n) is 2.10. The second-order valence-electron chi connectivity index (χ2n) is 4.80. The van der Waals surface area contributed by atoms with E-state index in [1.165, 1.54) is 16.8 Å². The molecular weight excluding hydrogens is 280 g/mol. The molecule has 0 spiro atoms. The maximum absolute atomic E-state index is 11.7. The van der Waals surface area contributed by atoms with Gasteiger partial charge >= 0.3 is 5.69 Å². The van der Waals surface area contributed by atoms with Gasteiger partial charge in [-0.1, -0.05) is 30.3 Å². The third-order valence-corrected chi connectivity index (χ3v) is 3.13. The van der Waals surface area contributed by atoms with Crippen LogP contribution in [0.2, 0.25) is 0 Å². The van der Waals surface area contributed by atoms with Crippen LogP contribution >= 0.6 is 0 Å². The molecule has 0 atom stereocenters. The summed E-state index contributed by atoms with van der Waals surface area (Å²) in [5.41, 5.74) is 0.0758. The summed E-state index contributed by atoms with van der Waals surface area (Å²) in [6.45, 7) is 0.363. The fourth-order valence-corrected chi connectivity index (χ4v) is 2.10. The highest BCUT2D eigenvalue weighted by Crippen LogP contribution is 2.21. The number of aromatic amines is 1. The molecule has 0 amide bonds. The van der Waals surface area contributed by atoms with E-state index in [1.54, 1.807) is 0 Å². The second kappa shape index (κ2) is 6.13. The Morgan fingerprint density at radius 2 is 1.68 bits per heavy atom. The standard InChI is InChI=1S/C17H14N2O3/c20-16-9-10-19(17(21)18-16)12-13-5-4-8-15(11-13)22-14-6-2-1-3-7-14/h1-11H,12H2,(H,18,20,21). The molecular formula is C17H14N2O3. The van der Waals surface area contributed by atoms with Crippen LogP contribution in [0.5, 0.6) is 11.5 Å². The molecule has 3 rings (SSSR count). The SMILES string of the molecule is O=c1ccn(Cc2cccc(Oc3ccccc3)c2)c(=O)[nH]1. The molecule has 0 bridgehead atoms. The van der Waals surface area contributed by atoms with Gasteiger partial charge in [0.2, 0.25) is 0 Å². The van der Waals surface area contributed by atoms with Crippen LogP contribution in [0.3, 0.4) is 0 Å². The van der Waals surface area contributed by atoms with Crippen LogP contribution in [-0.4, -0.2) is 9.55 Å². The van der Waals surface area contributed by atoms with Crippen molar-refractivity contribution in [3.05, 3.63) is 93.3 Å². The summed E-state index contributed by atoms with van der Waals surface area (Å²) in [5.74, 6) is 1.45. The van der Waals surface area contributed by atoms with Gasteiger partial charge in [0.25, 0.3) is 5.56 Å². The van der Waals surface area contributed by atoms with Gasteiger partial charge in [-0.15, -0.1) is 0 Å². The number of para-hydroxylation sites is 1.